The molecule has 0 saturated carbocycles. The van der Waals surface area contributed by atoms with Crippen LogP contribution in [-0.4, -0.2) is 0 Å². The molecule has 1 unspecified atom stereocenters. The number of nitrogens with two attached hydrogens (primary N) is 1. The molecular weight excluding hydrogens is 251 g/mol. The second kappa shape index (κ2) is 5.48. The number of rotatable bonds is 3. The summed E-state index contributed by atoms with van der Waals surface area (Å²) in [6, 6.07) is 11.7. The number of hydrazine groups is 1. The predicted octanol–water partition coefficient (Wildman–Crippen LogP) is 3.34. The van der Waals surface area contributed by atoms with Gasteiger partial charge in [0.25, 0.3) is 0 Å². The molecule has 4 heteroatoms. The highest BCUT2D eigenvalue weighted by Gasteiger charge is 2.18. The molecule has 18 heavy (non-hydrogen) atoms. The van der Waals surface area contributed by atoms with Crippen LogP contribution >= 0.6 is 11.6 Å². The molecule has 0 aliphatic carbocycles. The molecule has 0 bridgehead atoms. The first-order valence-corrected chi connectivity index (χ1v) is 5.98. The Morgan fingerprint density at radius 3 is 2.56 bits per heavy atom. The van der Waals surface area contributed by atoms with Gasteiger partial charge in [-0.25, -0.2) is 9.82 Å². The van der Waals surface area contributed by atoms with Crippen LogP contribution in [0.5, 0.6) is 0 Å². The Morgan fingerprint density at radius 2 is 1.89 bits per heavy atom. The minimum Gasteiger partial charge on any atom is -0.271 e. The average Bonchev–Trinajstić information content (AvgIpc) is 2.36. The second-order valence-electron chi connectivity index (χ2n) is 4.15. The summed E-state index contributed by atoms with van der Waals surface area (Å²) < 4.78 is 13.9. The second-order valence-corrected chi connectivity index (χ2v) is 4.55. The third-order valence-corrected chi connectivity index (χ3v) is 3.19. The lowest BCUT2D eigenvalue weighted by Crippen LogP contribution is -2.29. The van der Waals surface area contributed by atoms with Crippen molar-refractivity contribution < 1.29 is 4.39 Å². The number of hydrogen-bond acceptors (Lipinski definition) is 2. The molecule has 0 aliphatic heterocycles. The smallest absolute Gasteiger partial charge is 0.128 e. The first-order valence-electron chi connectivity index (χ1n) is 5.60. The van der Waals surface area contributed by atoms with Crippen molar-refractivity contribution >= 4 is 11.6 Å². The molecule has 0 spiro atoms. The highest BCUT2D eigenvalue weighted by atomic mass is 35.5. The Labute approximate surface area is 111 Å². The Bertz CT molecular complexity index is 557. The van der Waals surface area contributed by atoms with Crippen LogP contribution in [0, 0.1) is 12.7 Å². The zero-order chi connectivity index (χ0) is 13.1. The highest BCUT2D eigenvalue weighted by molar-refractivity contribution is 6.31. The molecule has 2 nitrogen and oxygen atoms in total. The zero-order valence-electron chi connectivity index (χ0n) is 9.95. The van der Waals surface area contributed by atoms with Crippen molar-refractivity contribution in [2.24, 2.45) is 5.84 Å². The number of halogens is 2. The van der Waals surface area contributed by atoms with Crippen LogP contribution in [0.1, 0.15) is 22.7 Å². The maximum atomic E-state index is 13.9. The van der Waals surface area contributed by atoms with Gasteiger partial charge < -0.3 is 0 Å². The van der Waals surface area contributed by atoms with E-state index in [0.29, 0.717) is 10.6 Å². The molecule has 1 atom stereocenters. The minimum atomic E-state index is -0.460. The van der Waals surface area contributed by atoms with Crippen LogP contribution < -0.4 is 11.3 Å². The Balaban J connectivity index is 2.52. The number of aryl methyl sites for hydroxylation is 1. The van der Waals surface area contributed by atoms with E-state index in [2.05, 4.69) is 5.43 Å². The fourth-order valence-electron chi connectivity index (χ4n) is 1.94. The van der Waals surface area contributed by atoms with E-state index in [1.165, 1.54) is 6.07 Å². The van der Waals surface area contributed by atoms with Crippen LogP contribution in [0.3, 0.4) is 0 Å². The SMILES string of the molecule is Cc1ccc(F)c(C(NN)c2ccccc2Cl)c1. The van der Waals surface area contributed by atoms with Crippen LogP contribution in [-0.2, 0) is 0 Å². The van der Waals surface area contributed by atoms with E-state index >= 15 is 0 Å². The van der Waals surface area contributed by atoms with Gasteiger partial charge in [0, 0.05) is 10.6 Å². The van der Waals surface area contributed by atoms with Crippen molar-refractivity contribution in [3.63, 3.8) is 0 Å². The van der Waals surface area contributed by atoms with Gasteiger partial charge in [0.05, 0.1) is 6.04 Å². The molecule has 0 aliphatic rings. The molecule has 3 N–H and O–H groups in total. The number of hydrogen-bond donors (Lipinski definition) is 2. The topological polar surface area (TPSA) is 38.0 Å². The molecule has 0 amide bonds. The lowest BCUT2D eigenvalue weighted by molar-refractivity contribution is 0.559. The molecule has 0 radical (unpaired) electrons. The summed E-state index contributed by atoms with van der Waals surface area (Å²) in [5, 5.41) is 0.557. The molecule has 0 fully saturated rings. The summed E-state index contributed by atoms with van der Waals surface area (Å²) in [7, 11) is 0. The van der Waals surface area contributed by atoms with Gasteiger partial charge in [-0.05, 0) is 24.6 Å². The first-order chi connectivity index (χ1) is 8.63. The van der Waals surface area contributed by atoms with Gasteiger partial charge in [0.15, 0.2) is 0 Å². The van der Waals surface area contributed by atoms with E-state index in [-0.39, 0.29) is 5.82 Å². The molecule has 0 saturated heterocycles. The predicted molar refractivity (Wildman–Crippen MR) is 71.8 cm³/mol. The fraction of sp³-hybridized carbons (Fsp3) is 0.143. The van der Waals surface area contributed by atoms with Crippen molar-refractivity contribution in [2.75, 3.05) is 0 Å². The molecule has 2 aromatic carbocycles. The maximum Gasteiger partial charge on any atom is 0.128 e. The number of nitrogens with one attached hydrogen (secondary N) is 1. The van der Waals surface area contributed by atoms with Crippen LogP contribution in [0.15, 0.2) is 42.5 Å². The minimum absolute atomic E-state index is 0.302. The van der Waals surface area contributed by atoms with Crippen molar-refractivity contribution in [3.8, 4) is 0 Å². The normalized spacial score (nSPS) is 12.4. The van der Waals surface area contributed by atoms with Crippen LogP contribution in [0.25, 0.3) is 0 Å². The van der Waals surface area contributed by atoms with Crippen LogP contribution in [0.2, 0.25) is 5.02 Å². The monoisotopic (exact) mass is 264 g/mol. The van der Waals surface area contributed by atoms with E-state index in [9.17, 15) is 4.39 Å². The van der Waals surface area contributed by atoms with Gasteiger partial charge in [0.2, 0.25) is 0 Å². The summed E-state index contributed by atoms with van der Waals surface area (Å²) in [6.07, 6.45) is 0. The largest absolute Gasteiger partial charge is 0.271 e. The van der Waals surface area contributed by atoms with Gasteiger partial charge in [-0.15, -0.1) is 0 Å². The van der Waals surface area contributed by atoms with Gasteiger partial charge in [0.1, 0.15) is 5.82 Å². The van der Waals surface area contributed by atoms with E-state index in [4.69, 9.17) is 17.4 Å². The highest BCUT2D eigenvalue weighted by Crippen LogP contribution is 2.29. The molecule has 0 aromatic heterocycles. The van der Waals surface area contributed by atoms with Crippen LogP contribution in [0.4, 0.5) is 4.39 Å². The maximum absolute atomic E-state index is 13.9. The van der Waals surface area contributed by atoms with Gasteiger partial charge in [-0.3, -0.25) is 5.84 Å². The van der Waals surface area contributed by atoms with E-state index in [1.54, 1.807) is 18.2 Å². The summed E-state index contributed by atoms with van der Waals surface area (Å²) in [4.78, 5) is 0. The van der Waals surface area contributed by atoms with Crippen molar-refractivity contribution in [2.45, 2.75) is 13.0 Å². The summed E-state index contributed by atoms with van der Waals surface area (Å²) in [6.45, 7) is 1.91. The lowest BCUT2D eigenvalue weighted by Gasteiger charge is -2.19. The third kappa shape index (κ3) is 2.53. The van der Waals surface area contributed by atoms with Crippen molar-refractivity contribution in [1.82, 2.24) is 5.43 Å². The lowest BCUT2D eigenvalue weighted by atomic mass is 9.97. The van der Waals surface area contributed by atoms with E-state index in [0.717, 1.165) is 11.1 Å². The van der Waals surface area contributed by atoms with E-state index < -0.39 is 6.04 Å². The average molecular weight is 265 g/mol. The zero-order valence-corrected chi connectivity index (χ0v) is 10.7. The first kappa shape index (κ1) is 13.0. The molecule has 94 valence electrons. The van der Waals surface area contributed by atoms with E-state index in [1.807, 2.05) is 25.1 Å². The van der Waals surface area contributed by atoms with Crippen molar-refractivity contribution in [3.05, 3.63) is 70.0 Å². The standard InChI is InChI=1S/C14H14ClFN2/c1-9-6-7-13(16)11(8-9)14(18-17)10-4-2-3-5-12(10)15/h2-8,14,18H,17H2,1H3. The number of benzene rings is 2. The Morgan fingerprint density at radius 1 is 1.17 bits per heavy atom. The van der Waals surface area contributed by atoms with Gasteiger partial charge in [-0.1, -0.05) is 47.5 Å². The molecule has 0 heterocycles. The summed E-state index contributed by atoms with van der Waals surface area (Å²) in [5.41, 5.74) is 4.84. The summed E-state index contributed by atoms with van der Waals surface area (Å²) >= 11 is 6.12. The fourth-order valence-corrected chi connectivity index (χ4v) is 2.19. The Hall–Kier alpha value is -1.42. The quantitative estimate of drug-likeness (QED) is 0.659. The molecule has 2 rings (SSSR count). The molecule has 2 aromatic rings. The molecular formula is C14H14ClFN2. The summed E-state index contributed by atoms with van der Waals surface area (Å²) in [5.74, 6) is 5.25. The third-order valence-electron chi connectivity index (χ3n) is 2.85. The van der Waals surface area contributed by atoms with Gasteiger partial charge >= 0.3 is 0 Å². The van der Waals surface area contributed by atoms with Crippen molar-refractivity contribution in [1.29, 1.82) is 0 Å². The Kier molecular flexibility index (Phi) is 3.97. The van der Waals surface area contributed by atoms with Gasteiger partial charge in [-0.2, -0.15) is 0 Å².